The topological polar surface area (TPSA) is 35.2 Å². The highest BCUT2D eigenvalue weighted by molar-refractivity contribution is 9.10. The second kappa shape index (κ2) is 6.17. The monoisotopic (exact) mass is 335 g/mol. The molecule has 0 bridgehead atoms. The van der Waals surface area contributed by atoms with Crippen molar-refractivity contribution < 1.29 is 4.74 Å². The lowest BCUT2D eigenvalue weighted by Crippen LogP contribution is -2.12. The first-order valence-electron chi connectivity index (χ1n) is 5.84. The van der Waals surface area contributed by atoms with Gasteiger partial charge in [0.05, 0.1) is 5.56 Å². The number of hydrogen-bond donors (Lipinski definition) is 1. The van der Waals surface area contributed by atoms with Crippen molar-refractivity contribution in [2.45, 2.75) is 13.5 Å². The second-order valence-electron chi connectivity index (χ2n) is 4.23. The fourth-order valence-electron chi connectivity index (χ4n) is 1.82. The molecule has 0 radical (unpaired) electrons. The third-order valence-electron chi connectivity index (χ3n) is 2.75. The van der Waals surface area contributed by atoms with E-state index in [0.29, 0.717) is 11.6 Å². The molecular formula is C15H14BrNOS. The number of hydrogen-bond acceptors (Lipinski definition) is 2. The molecule has 2 rings (SSSR count). The lowest BCUT2D eigenvalue weighted by atomic mass is 10.1. The molecule has 0 atom stereocenters. The minimum absolute atomic E-state index is 0.355. The molecule has 0 saturated heterocycles. The van der Waals surface area contributed by atoms with E-state index >= 15 is 0 Å². The number of aryl methyl sites for hydroxylation is 1. The SMILES string of the molecule is Cc1cccc(C(N)=S)c1OCc1cccc(Br)c1. The normalized spacial score (nSPS) is 10.2. The van der Waals surface area contributed by atoms with Crippen LogP contribution in [0.15, 0.2) is 46.9 Å². The molecule has 2 aromatic rings. The van der Waals surface area contributed by atoms with Crippen molar-refractivity contribution in [1.29, 1.82) is 0 Å². The summed E-state index contributed by atoms with van der Waals surface area (Å²) in [6.07, 6.45) is 0. The molecule has 2 aromatic carbocycles. The lowest BCUT2D eigenvalue weighted by Gasteiger charge is -2.13. The van der Waals surface area contributed by atoms with Gasteiger partial charge < -0.3 is 10.5 Å². The Balaban J connectivity index is 2.22. The fraction of sp³-hybridized carbons (Fsp3) is 0.133. The summed E-state index contributed by atoms with van der Waals surface area (Å²) in [4.78, 5) is 0.355. The summed E-state index contributed by atoms with van der Waals surface area (Å²) < 4.78 is 6.92. The number of thiocarbonyl (C=S) groups is 1. The molecule has 0 aliphatic carbocycles. The molecule has 0 aliphatic rings. The van der Waals surface area contributed by atoms with E-state index in [2.05, 4.69) is 15.9 Å². The van der Waals surface area contributed by atoms with Crippen molar-refractivity contribution in [3.8, 4) is 5.75 Å². The molecule has 0 amide bonds. The first-order valence-corrected chi connectivity index (χ1v) is 7.04. The zero-order valence-corrected chi connectivity index (χ0v) is 12.9. The van der Waals surface area contributed by atoms with Crippen LogP contribution >= 0.6 is 28.1 Å². The molecule has 2 N–H and O–H groups in total. The first-order chi connectivity index (χ1) is 9.08. The van der Waals surface area contributed by atoms with Crippen LogP contribution in [0.5, 0.6) is 5.75 Å². The van der Waals surface area contributed by atoms with Crippen LogP contribution in [0, 0.1) is 6.92 Å². The Morgan fingerprint density at radius 2 is 2.00 bits per heavy atom. The Labute approximate surface area is 126 Å². The van der Waals surface area contributed by atoms with Crippen molar-refractivity contribution in [3.05, 3.63) is 63.6 Å². The summed E-state index contributed by atoms with van der Waals surface area (Å²) in [7, 11) is 0. The van der Waals surface area contributed by atoms with Gasteiger partial charge in [0.15, 0.2) is 0 Å². The minimum Gasteiger partial charge on any atom is -0.488 e. The number of ether oxygens (including phenoxy) is 1. The molecule has 19 heavy (non-hydrogen) atoms. The summed E-state index contributed by atoms with van der Waals surface area (Å²) in [5.74, 6) is 0.759. The van der Waals surface area contributed by atoms with Gasteiger partial charge in [-0.2, -0.15) is 0 Å². The van der Waals surface area contributed by atoms with Gasteiger partial charge in [-0.15, -0.1) is 0 Å². The van der Waals surface area contributed by atoms with Crippen LogP contribution in [0.2, 0.25) is 0 Å². The number of benzene rings is 2. The van der Waals surface area contributed by atoms with Crippen LogP contribution in [0.3, 0.4) is 0 Å². The van der Waals surface area contributed by atoms with Crippen molar-refractivity contribution in [3.63, 3.8) is 0 Å². The Kier molecular flexibility index (Phi) is 4.56. The number of halogens is 1. The summed E-state index contributed by atoms with van der Waals surface area (Å²) in [6, 6.07) is 13.8. The first kappa shape index (κ1) is 14.0. The summed E-state index contributed by atoms with van der Waals surface area (Å²) in [5.41, 5.74) is 8.62. The number of para-hydroxylation sites is 1. The van der Waals surface area contributed by atoms with Gasteiger partial charge in [0.1, 0.15) is 17.3 Å². The predicted molar refractivity (Wildman–Crippen MR) is 85.5 cm³/mol. The highest BCUT2D eigenvalue weighted by Gasteiger charge is 2.09. The molecule has 4 heteroatoms. The van der Waals surface area contributed by atoms with Crippen LogP contribution < -0.4 is 10.5 Å². The third kappa shape index (κ3) is 3.55. The zero-order chi connectivity index (χ0) is 13.8. The van der Waals surface area contributed by atoms with Crippen LogP contribution in [-0.4, -0.2) is 4.99 Å². The van der Waals surface area contributed by atoms with Gasteiger partial charge in [-0.25, -0.2) is 0 Å². The average Bonchev–Trinajstić information content (AvgIpc) is 2.37. The molecule has 0 unspecified atom stereocenters. The van der Waals surface area contributed by atoms with Gasteiger partial charge in [0.25, 0.3) is 0 Å². The third-order valence-corrected chi connectivity index (χ3v) is 3.46. The second-order valence-corrected chi connectivity index (χ2v) is 5.59. The Hall–Kier alpha value is -1.39. The van der Waals surface area contributed by atoms with E-state index in [4.69, 9.17) is 22.7 Å². The van der Waals surface area contributed by atoms with E-state index in [1.807, 2.05) is 49.4 Å². The lowest BCUT2D eigenvalue weighted by molar-refractivity contribution is 0.303. The van der Waals surface area contributed by atoms with Gasteiger partial charge in [-0.3, -0.25) is 0 Å². The van der Waals surface area contributed by atoms with E-state index in [-0.39, 0.29) is 0 Å². The van der Waals surface area contributed by atoms with Gasteiger partial charge in [-0.1, -0.05) is 52.4 Å². The fourth-order valence-corrected chi connectivity index (χ4v) is 2.43. The van der Waals surface area contributed by atoms with Crippen LogP contribution in [-0.2, 0) is 6.61 Å². The van der Waals surface area contributed by atoms with Crippen molar-refractivity contribution >= 4 is 33.1 Å². The van der Waals surface area contributed by atoms with E-state index < -0.39 is 0 Å². The molecule has 0 fully saturated rings. The van der Waals surface area contributed by atoms with Gasteiger partial charge in [-0.05, 0) is 36.2 Å². The number of rotatable bonds is 4. The molecule has 0 spiro atoms. The van der Waals surface area contributed by atoms with E-state index in [9.17, 15) is 0 Å². The zero-order valence-electron chi connectivity index (χ0n) is 10.5. The van der Waals surface area contributed by atoms with Gasteiger partial charge >= 0.3 is 0 Å². The average molecular weight is 336 g/mol. The smallest absolute Gasteiger partial charge is 0.132 e. The maximum absolute atomic E-state index is 5.88. The Bertz CT molecular complexity index is 613. The quantitative estimate of drug-likeness (QED) is 0.858. The van der Waals surface area contributed by atoms with Gasteiger partial charge in [0.2, 0.25) is 0 Å². The van der Waals surface area contributed by atoms with Crippen molar-refractivity contribution in [2.75, 3.05) is 0 Å². The van der Waals surface area contributed by atoms with E-state index in [0.717, 1.165) is 26.9 Å². The molecule has 2 nitrogen and oxygen atoms in total. The maximum atomic E-state index is 5.88. The molecular weight excluding hydrogens is 322 g/mol. The minimum atomic E-state index is 0.355. The highest BCUT2D eigenvalue weighted by atomic mass is 79.9. The van der Waals surface area contributed by atoms with Crippen molar-refractivity contribution in [2.24, 2.45) is 5.73 Å². The molecule has 0 aliphatic heterocycles. The Morgan fingerprint density at radius 3 is 2.68 bits per heavy atom. The molecule has 98 valence electrons. The number of nitrogens with two attached hydrogens (primary N) is 1. The predicted octanol–water partition coefficient (Wildman–Crippen LogP) is 3.97. The molecule has 0 heterocycles. The van der Waals surface area contributed by atoms with Crippen LogP contribution in [0.1, 0.15) is 16.7 Å². The summed E-state index contributed by atoms with van der Waals surface area (Å²) in [5, 5.41) is 0. The Morgan fingerprint density at radius 1 is 1.26 bits per heavy atom. The van der Waals surface area contributed by atoms with Gasteiger partial charge in [0, 0.05) is 4.47 Å². The van der Waals surface area contributed by atoms with E-state index in [1.54, 1.807) is 0 Å². The highest BCUT2D eigenvalue weighted by Crippen LogP contribution is 2.24. The van der Waals surface area contributed by atoms with Crippen LogP contribution in [0.25, 0.3) is 0 Å². The summed E-state index contributed by atoms with van der Waals surface area (Å²) >= 11 is 8.50. The standard InChI is InChI=1S/C15H14BrNOS/c1-10-4-2-7-13(15(17)19)14(10)18-9-11-5-3-6-12(16)8-11/h2-8H,9H2,1H3,(H2,17,19). The van der Waals surface area contributed by atoms with E-state index in [1.165, 1.54) is 0 Å². The van der Waals surface area contributed by atoms with Crippen molar-refractivity contribution in [1.82, 2.24) is 0 Å². The molecule has 0 aromatic heterocycles. The summed E-state index contributed by atoms with van der Waals surface area (Å²) in [6.45, 7) is 2.47. The van der Waals surface area contributed by atoms with Crippen LogP contribution in [0.4, 0.5) is 0 Å². The molecule has 0 saturated carbocycles. The largest absolute Gasteiger partial charge is 0.488 e. The maximum Gasteiger partial charge on any atom is 0.132 e.